The fraction of sp³-hybridized carbons (Fsp3) is 0.455. The number of hydrogen-bond acceptors (Lipinski definition) is 2. The van der Waals surface area contributed by atoms with Gasteiger partial charge in [0, 0.05) is 6.04 Å². The summed E-state index contributed by atoms with van der Waals surface area (Å²) < 4.78 is 28.8. The number of aryl methyl sites for hydroxylation is 1. The minimum absolute atomic E-state index is 0.126. The number of hydrogen-bond donors (Lipinski definition) is 1. The number of ether oxygens (including phenoxy) is 1. The molecule has 0 radical (unpaired) electrons. The normalized spacial score (nSPS) is 12.9. The van der Waals surface area contributed by atoms with Crippen LogP contribution in [0.15, 0.2) is 18.2 Å². The lowest BCUT2D eigenvalue weighted by atomic mass is 10.1. The molecular formula is C11H15F2NO. The van der Waals surface area contributed by atoms with Gasteiger partial charge < -0.3 is 10.5 Å². The SMILES string of the molecule is Cc1cc(OCC(F)F)cc([C@@H](C)N)c1. The van der Waals surface area contributed by atoms with Crippen LogP contribution in [0.5, 0.6) is 5.75 Å². The van der Waals surface area contributed by atoms with Crippen LogP contribution in [0.1, 0.15) is 24.1 Å². The van der Waals surface area contributed by atoms with Crippen LogP contribution in [0.3, 0.4) is 0 Å². The highest BCUT2D eigenvalue weighted by Crippen LogP contribution is 2.20. The Morgan fingerprint density at radius 3 is 2.53 bits per heavy atom. The molecule has 1 aromatic carbocycles. The van der Waals surface area contributed by atoms with E-state index in [-0.39, 0.29) is 6.04 Å². The lowest BCUT2D eigenvalue weighted by Crippen LogP contribution is -2.09. The molecule has 4 heteroatoms. The van der Waals surface area contributed by atoms with Crippen molar-refractivity contribution in [2.24, 2.45) is 5.73 Å². The maximum Gasteiger partial charge on any atom is 0.272 e. The van der Waals surface area contributed by atoms with Gasteiger partial charge in [0.15, 0.2) is 0 Å². The van der Waals surface area contributed by atoms with Crippen molar-refractivity contribution >= 4 is 0 Å². The molecule has 1 aromatic rings. The average molecular weight is 215 g/mol. The molecule has 0 saturated carbocycles. The van der Waals surface area contributed by atoms with Crippen molar-refractivity contribution < 1.29 is 13.5 Å². The Morgan fingerprint density at radius 1 is 1.33 bits per heavy atom. The van der Waals surface area contributed by atoms with E-state index in [1.165, 1.54) is 0 Å². The smallest absolute Gasteiger partial charge is 0.272 e. The van der Waals surface area contributed by atoms with E-state index in [2.05, 4.69) is 0 Å². The summed E-state index contributed by atoms with van der Waals surface area (Å²) in [5.41, 5.74) is 7.54. The molecule has 0 aliphatic rings. The summed E-state index contributed by atoms with van der Waals surface area (Å²) in [4.78, 5) is 0. The van der Waals surface area contributed by atoms with Crippen molar-refractivity contribution in [1.82, 2.24) is 0 Å². The summed E-state index contributed by atoms with van der Waals surface area (Å²) >= 11 is 0. The van der Waals surface area contributed by atoms with Crippen LogP contribution in [-0.2, 0) is 0 Å². The number of alkyl halides is 2. The third kappa shape index (κ3) is 3.83. The number of rotatable bonds is 4. The molecular weight excluding hydrogens is 200 g/mol. The molecule has 0 fully saturated rings. The molecule has 0 aliphatic heterocycles. The fourth-order valence-corrected chi connectivity index (χ4v) is 1.28. The van der Waals surface area contributed by atoms with E-state index < -0.39 is 13.0 Å². The third-order valence-corrected chi connectivity index (χ3v) is 1.97. The van der Waals surface area contributed by atoms with Crippen LogP contribution in [0, 0.1) is 6.92 Å². The van der Waals surface area contributed by atoms with E-state index in [1.54, 1.807) is 12.1 Å². The maximum atomic E-state index is 11.9. The predicted molar refractivity (Wildman–Crippen MR) is 55.3 cm³/mol. The molecule has 15 heavy (non-hydrogen) atoms. The number of nitrogens with two attached hydrogens (primary N) is 1. The minimum atomic E-state index is -2.45. The van der Waals surface area contributed by atoms with Crippen LogP contribution in [-0.4, -0.2) is 13.0 Å². The zero-order chi connectivity index (χ0) is 11.4. The molecule has 2 nitrogen and oxygen atoms in total. The van der Waals surface area contributed by atoms with E-state index in [0.29, 0.717) is 5.75 Å². The third-order valence-electron chi connectivity index (χ3n) is 1.97. The van der Waals surface area contributed by atoms with Crippen molar-refractivity contribution in [3.63, 3.8) is 0 Å². The minimum Gasteiger partial charge on any atom is -0.488 e. The van der Waals surface area contributed by atoms with E-state index in [9.17, 15) is 8.78 Å². The Kier molecular flexibility index (Phi) is 4.03. The van der Waals surface area contributed by atoms with Crippen molar-refractivity contribution in [2.45, 2.75) is 26.3 Å². The first-order chi connectivity index (χ1) is 6.99. The van der Waals surface area contributed by atoms with Crippen molar-refractivity contribution in [2.75, 3.05) is 6.61 Å². The standard InChI is InChI=1S/C11H15F2NO/c1-7-3-9(8(2)14)5-10(4-7)15-6-11(12)13/h3-5,8,11H,6,14H2,1-2H3/t8-/m1/s1. The van der Waals surface area contributed by atoms with Crippen molar-refractivity contribution in [1.29, 1.82) is 0 Å². The topological polar surface area (TPSA) is 35.2 Å². The molecule has 0 unspecified atom stereocenters. The van der Waals surface area contributed by atoms with Gasteiger partial charge in [0.05, 0.1) is 0 Å². The van der Waals surface area contributed by atoms with E-state index >= 15 is 0 Å². The molecule has 0 heterocycles. The Labute approximate surface area is 88.0 Å². The van der Waals surface area contributed by atoms with Gasteiger partial charge in [0.25, 0.3) is 6.43 Å². The lowest BCUT2D eigenvalue weighted by molar-refractivity contribution is 0.0818. The molecule has 0 bridgehead atoms. The van der Waals surface area contributed by atoms with Gasteiger partial charge in [0.1, 0.15) is 12.4 Å². The van der Waals surface area contributed by atoms with Gasteiger partial charge >= 0.3 is 0 Å². The van der Waals surface area contributed by atoms with Crippen LogP contribution < -0.4 is 10.5 Å². The fourth-order valence-electron chi connectivity index (χ4n) is 1.28. The van der Waals surface area contributed by atoms with E-state index in [1.807, 2.05) is 19.9 Å². The molecule has 84 valence electrons. The molecule has 0 aliphatic carbocycles. The molecule has 0 spiro atoms. The second-order valence-corrected chi connectivity index (χ2v) is 3.57. The predicted octanol–water partition coefficient (Wildman–Crippen LogP) is 2.66. The summed E-state index contributed by atoms with van der Waals surface area (Å²) in [7, 11) is 0. The molecule has 0 saturated heterocycles. The van der Waals surface area contributed by atoms with E-state index in [0.717, 1.165) is 11.1 Å². The molecule has 0 aromatic heterocycles. The summed E-state index contributed by atoms with van der Waals surface area (Å²) in [6.07, 6.45) is -2.45. The van der Waals surface area contributed by atoms with Gasteiger partial charge in [0.2, 0.25) is 0 Å². The second kappa shape index (κ2) is 5.07. The van der Waals surface area contributed by atoms with Gasteiger partial charge in [-0.15, -0.1) is 0 Å². The monoisotopic (exact) mass is 215 g/mol. The van der Waals surface area contributed by atoms with Crippen molar-refractivity contribution in [3.05, 3.63) is 29.3 Å². The van der Waals surface area contributed by atoms with Gasteiger partial charge in [-0.2, -0.15) is 0 Å². The highest BCUT2D eigenvalue weighted by Gasteiger charge is 2.06. The van der Waals surface area contributed by atoms with Crippen LogP contribution in [0.4, 0.5) is 8.78 Å². The Bertz CT molecular complexity index is 326. The van der Waals surface area contributed by atoms with Crippen molar-refractivity contribution in [3.8, 4) is 5.75 Å². The summed E-state index contributed by atoms with van der Waals surface area (Å²) in [6.45, 7) is 3.13. The number of halogens is 2. The summed E-state index contributed by atoms with van der Waals surface area (Å²) in [5, 5.41) is 0. The van der Waals surface area contributed by atoms with Crippen LogP contribution in [0.25, 0.3) is 0 Å². The molecule has 0 amide bonds. The van der Waals surface area contributed by atoms with Gasteiger partial charge in [-0.05, 0) is 37.1 Å². The Balaban J connectivity index is 2.79. The molecule has 1 atom stereocenters. The van der Waals surface area contributed by atoms with Gasteiger partial charge in [-0.1, -0.05) is 6.07 Å². The Morgan fingerprint density at radius 2 is 2.00 bits per heavy atom. The van der Waals surface area contributed by atoms with E-state index in [4.69, 9.17) is 10.5 Å². The quantitative estimate of drug-likeness (QED) is 0.838. The Hall–Kier alpha value is -1.16. The highest BCUT2D eigenvalue weighted by atomic mass is 19.3. The zero-order valence-electron chi connectivity index (χ0n) is 8.84. The van der Waals surface area contributed by atoms with Crippen LogP contribution in [0.2, 0.25) is 0 Å². The van der Waals surface area contributed by atoms with Gasteiger partial charge in [-0.25, -0.2) is 8.78 Å². The summed E-state index contributed by atoms with van der Waals surface area (Å²) in [6, 6.07) is 5.20. The average Bonchev–Trinajstić information content (AvgIpc) is 2.13. The first-order valence-electron chi connectivity index (χ1n) is 4.77. The first kappa shape index (κ1) is 11.9. The second-order valence-electron chi connectivity index (χ2n) is 3.57. The lowest BCUT2D eigenvalue weighted by Gasteiger charge is -2.11. The first-order valence-corrected chi connectivity index (χ1v) is 4.77. The largest absolute Gasteiger partial charge is 0.488 e. The maximum absolute atomic E-state index is 11.9. The molecule has 1 rings (SSSR count). The molecule has 2 N–H and O–H groups in total. The van der Waals surface area contributed by atoms with Crippen LogP contribution >= 0.6 is 0 Å². The number of benzene rings is 1. The highest BCUT2D eigenvalue weighted by molar-refractivity contribution is 5.35. The summed E-state index contributed by atoms with van der Waals surface area (Å²) in [5.74, 6) is 0.447. The zero-order valence-corrected chi connectivity index (χ0v) is 8.84. The van der Waals surface area contributed by atoms with Gasteiger partial charge in [-0.3, -0.25) is 0 Å².